The van der Waals surface area contributed by atoms with Crippen LogP contribution in [0.1, 0.15) is 5.56 Å². The van der Waals surface area contributed by atoms with Gasteiger partial charge in [-0.05, 0) is 31.2 Å². The Morgan fingerprint density at radius 2 is 1.73 bits per heavy atom. The molecule has 2 aromatic carbocycles. The second-order valence-electron chi connectivity index (χ2n) is 4.68. The fourth-order valence-corrected chi connectivity index (χ4v) is 3.57. The third-order valence-corrected chi connectivity index (χ3v) is 5.48. The summed E-state index contributed by atoms with van der Waals surface area (Å²) in [6, 6.07) is 10.7. The average Bonchev–Trinajstić information content (AvgIpc) is 2.46. The molecule has 0 aliphatic rings. The first-order chi connectivity index (χ1) is 10.2. The van der Waals surface area contributed by atoms with Crippen molar-refractivity contribution in [3.05, 3.63) is 62.6 Å². The number of anilines is 1. The number of nitro groups is 1. The van der Waals surface area contributed by atoms with Crippen molar-refractivity contribution in [3.8, 4) is 0 Å². The van der Waals surface area contributed by atoms with Gasteiger partial charge in [-0.2, -0.15) is 0 Å². The molecule has 0 saturated carbocycles. The van der Waals surface area contributed by atoms with Gasteiger partial charge in [0.25, 0.3) is 15.7 Å². The molecule has 8 heteroatoms. The van der Waals surface area contributed by atoms with Crippen LogP contribution in [0.5, 0.6) is 0 Å². The van der Waals surface area contributed by atoms with Crippen LogP contribution in [0.25, 0.3) is 0 Å². The Morgan fingerprint density at radius 3 is 2.27 bits per heavy atom. The maximum Gasteiger partial charge on any atom is 0.291 e. The van der Waals surface area contributed by atoms with Gasteiger partial charge in [0.05, 0.1) is 10.6 Å². The monoisotopic (exact) mass is 384 g/mol. The quantitative estimate of drug-likeness (QED) is 0.596. The lowest BCUT2D eigenvalue weighted by molar-refractivity contribution is -0.387. The number of hydrogen-bond donors (Lipinski definition) is 0. The molecule has 0 atom stereocenters. The first kappa shape index (κ1) is 16.4. The van der Waals surface area contributed by atoms with E-state index in [1.54, 1.807) is 24.3 Å². The Kier molecular flexibility index (Phi) is 4.52. The zero-order chi connectivity index (χ0) is 16.5. The van der Waals surface area contributed by atoms with Crippen molar-refractivity contribution >= 4 is 37.3 Å². The molecule has 0 heterocycles. The molecule has 2 aromatic rings. The summed E-state index contributed by atoms with van der Waals surface area (Å²) in [5, 5.41) is 11.1. The Bertz CT molecular complexity index is 819. The van der Waals surface area contributed by atoms with E-state index in [9.17, 15) is 18.5 Å². The summed E-state index contributed by atoms with van der Waals surface area (Å²) in [5.74, 6) is 0. The van der Waals surface area contributed by atoms with Crippen LogP contribution in [0.3, 0.4) is 0 Å². The SMILES string of the molecule is Cc1ccc(N(C)S(=O)(=O)c2ccc(Br)cc2[N+](=O)[O-])cc1. The molecule has 0 aliphatic carbocycles. The summed E-state index contributed by atoms with van der Waals surface area (Å²) in [4.78, 5) is 10.1. The van der Waals surface area contributed by atoms with Crippen molar-refractivity contribution in [3.63, 3.8) is 0 Å². The minimum absolute atomic E-state index is 0.344. The van der Waals surface area contributed by atoms with Gasteiger partial charge in [-0.3, -0.25) is 14.4 Å². The highest BCUT2D eigenvalue weighted by Crippen LogP contribution is 2.31. The van der Waals surface area contributed by atoms with E-state index in [2.05, 4.69) is 15.9 Å². The molecule has 0 N–H and O–H groups in total. The van der Waals surface area contributed by atoms with E-state index in [4.69, 9.17) is 0 Å². The molecule has 6 nitrogen and oxygen atoms in total. The number of rotatable bonds is 4. The summed E-state index contributed by atoms with van der Waals surface area (Å²) < 4.78 is 26.8. The van der Waals surface area contributed by atoms with E-state index in [1.165, 1.54) is 25.2 Å². The van der Waals surface area contributed by atoms with Gasteiger partial charge in [-0.15, -0.1) is 0 Å². The number of aryl methyl sites for hydroxylation is 1. The van der Waals surface area contributed by atoms with Crippen LogP contribution >= 0.6 is 15.9 Å². The van der Waals surface area contributed by atoms with Crippen LogP contribution in [0.2, 0.25) is 0 Å². The van der Waals surface area contributed by atoms with Gasteiger partial charge in [0.2, 0.25) is 0 Å². The van der Waals surface area contributed by atoms with Crippen molar-refractivity contribution in [2.75, 3.05) is 11.4 Å². The Labute approximate surface area is 136 Å². The highest BCUT2D eigenvalue weighted by Gasteiger charge is 2.30. The Hall–Kier alpha value is -1.93. The van der Waals surface area contributed by atoms with Gasteiger partial charge in [0.15, 0.2) is 4.90 Å². The third-order valence-electron chi connectivity index (χ3n) is 3.15. The fourth-order valence-electron chi connectivity index (χ4n) is 1.89. The van der Waals surface area contributed by atoms with Crippen molar-refractivity contribution in [1.82, 2.24) is 0 Å². The van der Waals surface area contributed by atoms with Gasteiger partial charge in [0, 0.05) is 17.6 Å². The van der Waals surface area contributed by atoms with E-state index in [1.807, 2.05) is 6.92 Å². The number of sulfonamides is 1. The second kappa shape index (κ2) is 6.05. The van der Waals surface area contributed by atoms with E-state index >= 15 is 0 Å². The maximum absolute atomic E-state index is 12.7. The minimum atomic E-state index is -4.03. The molecule has 22 heavy (non-hydrogen) atoms. The van der Waals surface area contributed by atoms with Gasteiger partial charge in [-0.1, -0.05) is 33.6 Å². The molecule has 0 unspecified atom stereocenters. The number of halogens is 1. The molecule has 0 aromatic heterocycles. The number of nitro benzene ring substituents is 1. The fraction of sp³-hybridized carbons (Fsp3) is 0.143. The molecule has 0 saturated heterocycles. The highest BCUT2D eigenvalue weighted by molar-refractivity contribution is 9.10. The van der Waals surface area contributed by atoms with E-state index < -0.39 is 20.6 Å². The molecule has 0 radical (unpaired) electrons. The Morgan fingerprint density at radius 1 is 1.14 bits per heavy atom. The molecule has 0 amide bonds. The number of nitrogens with zero attached hydrogens (tertiary/aromatic N) is 2. The molecule has 2 rings (SSSR count). The number of benzene rings is 2. The summed E-state index contributed by atoms with van der Waals surface area (Å²) in [5.41, 5.74) is 0.959. The highest BCUT2D eigenvalue weighted by atomic mass is 79.9. The van der Waals surface area contributed by atoms with Crippen LogP contribution in [-0.4, -0.2) is 20.4 Å². The van der Waals surface area contributed by atoms with E-state index in [0.717, 1.165) is 9.87 Å². The van der Waals surface area contributed by atoms with Gasteiger partial charge < -0.3 is 0 Å². The molecular formula is C14H13BrN2O4S. The first-order valence-electron chi connectivity index (χ1n) is 6.23. The third kappa shape index (κ3) is 3.12. The molecule has 0 fully saturated rings. The predicted molar refractivity (Wildman–Crippen MR) is 87.6 cm³/mol. The summed E-state index contributed by atoms with van der Waals surface area (Å²) >= 11 is 3.11. The lowest BCUT2D eigenvalue weighted by atomic mass is 10.2. The van der Waals surface area contributed by atoms with Crippen LogP contribution < -0.4 is 4.31 Å². The molecule has 0 spiro atoms. The molecule has 0 aliphatic heterocycles. The average molecular weight is 385 g/mol. The van der Waals surface area contributed by atoms with Crippen LogP contribution in [0.15, 0.2) is 51.8 Å². The largest absolute Gasteiger partial charge is 0.291 e. The zero-order valence-electron chi connectivity index (χ0n) is 11.9. The summed E-state index contributed by atoms with van der Waals surface area (Å²) in [6.07, 6.45) is 0. The lowest BCUT2D eigenvalue weighted by Gasteiger charge is -2.19. The van der Waals surface area contributed by atoms with Crippen LogP contribution in [0.4, 0.5) is 11.4 Å². The Balaban J connectivity index is 2.55. The van der Waals surface area contributed by atoms with Crippen molar-refractivity contribution < 1.29 is 13.3 Å². The van der Waals surface area contributed by atoms with Crippen molar-refractivity contribution in [2.45, 2.75) is 11.8 Å². The molecule has 0 bridgehead atoms. The maximum atomic E-state index is 12.7. The minimum Gasteiger partial charge on any atom is -0.269 e. The zero-order valence-corrected chi connectivity index (χ0v) is 14.3. The van der Waals surface area contributed by atoms with Crippen molar-refractivity contribution in [2.24, 2.45) is 0 Å². The first-order valence-corrected chi connectivity index (χ1v) is 8.46. The van der Waals surface area contributed by atoms with E-state index in [0.29, 0.717) is 10.2 Å². The van der Waals surface area contributed by atoms with Crippen molar-refractivity contribution in [1.29, 1.82) is 0 Å². The smallest absolute Gasteiger partial charge is 0.269 e. The van der Waals surface area contributed by atoms with Gasteiger partial charge >= 0.3 is 0 Å². The summed E-state index contributed by atoms with van der Waals surface area (Å²) in [7, 11) is -2.66. The topological polar surface area (TPSA) is 80.5 Å². The predicted octanol–water partition coefficient (Wildman–Crippen LogP) is 3.49. The second-order valence-corrected chi connectivity index (χ2v) is 7.53. The van der Waals surface area contributed by atoms with E-state index in [-0.39, 0.29) is 4.90 Å². The van der Waals surface area contributed by atoms with Crippen LogP contribution in [-0.2, 0) is 10.0 Å². The van der Waals surface area contributed by atoms with Gasteiger partial charge in [0.1, 0.15) is 0 Å². The normalized spacial score (nSPS) is 11.2. The molecule has 116 valence electrons. The lowest BCUT2D eigenvalue weighted by Crippen LogP contribution is -2.27. The summed E-state index contributed by atoms with van der Waals surface area (Å²) in [6.45, 7) is 1.89. The van der Waals surface area contributed by atoms with Gasteiger partial charge in [-0.25, -0.2) is 8.42 Å². The number of hydrogen-bond acceptors (Lipinski definition) is 4. The molecular weight excluding hydrogens is 372 g/mol. The standard InChI is InChI=1S/C14H13BrN2O4S/c1-10-3-6-12(7-4-10)16(2)22(20,21)14-8-5-11(15)9-13(14)17(18)19/h3-9H,1-2H3. The van der Waals surface area contributed by atoms with Crippen LogP contribution in [0, 0.1) is 17.0 Å².